The standard InChI is InChI=1S/C28H39N2O3/c1-30(2,21-26(31)22-11-5-3-6-12-22)25-17-19-29(20-18-25)27(32)28(33,24-15-9-10-16-24)23-13-7-4-8-14-23/h3-8,11-14,24-26,31,33H,9-10,15-21H2,1-2H3/q+1. The lowest BCUT2D eigenvalue weighted by Crippen LogP contribution is -2.58. The molecule has 1 heterocycles. The predicted octanol–water partition coefficient (Wildman–Crippen LogP) is 3.87. The Bertz CT molecular complexity index is 903. The van der Waals surface area contributed by atoms with Gasteiger partial charge in [-0.15, -0.1) is 0 Å². The van der Waals surface area contributed by atoms with E-state index in [1.165, 1.54) is 0 Å². The first kappa shape index (κ1) is 23.9. The van der Waals surface area contributed by atoms with Gasteiger partial charge in [0.15, 0.2) is 5.60 Å². The Hall–Kier alpha value is -2.21. The van der Waals surface area contributed by atoms with Crippen LogP contribution in [0.1, 0.15) is 55.8 Å². The number of rotatable bonds is 7. The SMILES string of the molecule is C[N+](C)(CC(O)c1ccccc1)C1CCN(C(=O)C(O)(c2ccccc2)C2CCCC2)CC1. The van der Waals surface area contributed by atoms with E-state index in [1.54, 1.807) is 0 Å². The van der Waals surface area contributed by atoms with Crippen molar-refractivity contribution >= 4 is 5.91 Å². The van der Waals surface area contributed by atoms with E-state index >= 15 is 0 Å². The second kappa shape index (κ2) is 9.96. The van der Waals surface area contributed by atoms with Crippen LogP contribution in [0.4, 0.5) is 0 Å². The zero-order chi connectivity index (χ0) is 23.5. The average molecular weight is 452 g/mol. The molecule has 2 fully saturated rings. The zero-order valence-corrected chi connectivity index (χ0v) is 20.1. The maximum absolute atomic E-state index is 13.8. The molecule has 178 valence electrons. The summed E-state index contributed by atoms with van der Waals surface area (Å²) in [5.41, 5.74) is 0.241. The van der Waals surface area contributed by atoms with Crippen LogP contribution in [0.25, 0.3) is 0 Å². The van der Waals surface area contributed by atoms with Gasteiger partial charge in [0.1, 0.15) is 12.6 Å². The van der Waals surface area contributed by atoms with Gasteiger partial charge in [-0.05, 0) is 24.0 Å². The molecule has 2 aromatic carbocycles. The van der Waals surface area contributed by atoms with Crippen LogP contribution >= 0.6 is 0 Å². The van der Waals surface area contributed by atoms with Crippen molar-refractivity contribution in [3.05, 3.63) is 71.8 Å². The summed E-state index contributed by atoms with van der Waals surface area (Å²) in [4.78, 5) is 15.6. The summed E-state index contributed by atoms with van der Waals surface area (Å²) < 4.78 is 0.712. The van der Waals surface area contributed by atoms with Crippen molar-refractivity contribution in [3.63, 3.8) is 0 Å². The highest BCUT2D eigenvalue weighted by Gasteiger charge is 2.49. The lowest BCUT2D eigenvalue weighted by molar-refractivity contribution is -0.919. The molecule has 2 aromatic rings. The first-order chi connectivity index (χ1) is 15.8. The molecule has 1 saturated carbocycles. The number of carbonyl (C=O) groups excluding carboxylic acids is 1. The van der Waals surface area contributed by atoms with E-state index in [2.05, 4.69) is 14.1 Å². The Balaban J connectivity index is 1.43. The zero-order valence-electron chi connectivity index (χ0n) is 20.1. The lowest BCUT2D eigenvalue weighted by Gasteiger charge is -2.45. The minimum absolute atomic E-state index is 0.0154. The fraction of sp³-hybridized carbons (Fsp3) is 0.536. The number of aliphatic hydroxyl groups is 2. The van der Waals surface area contributed by atoms with Gasteiger partial charge in [-0.3, -0.25) is 4.79 Å². The monoisotopic (exact) mass is 451 g/mol. The molecule has 2 N–H and O–H groups in total. The highest BCUT2D eigenvalue weighted by Crippen LogP contribution is 2.42. The normalized spacial score (nSPS) is 21.0. The van der Waals surface area contributed by atoms with Gasteiger partial charge in [0.2, 0.25) is 0 Å². The molecule has 4 rings (SSSR count). The molecular formula is C28H39N2O3+. The maximum atomic E-state index is 13.8. The Morgan fingerprint density at radius 3 is 2.09 bits per heavy atom. The number of hydrogen-bond acceptors (Lipinski definition) is 3. The molecule has 5 nitrogen and oxygen atoms in total. The Morgan fingerprint density at radius 1 is 0.970 bits per heavy atom. The summed E-state index contributed by atoms with van der Waals surface area (Å²) in [5, 5.41) is 22.6. The third-order valence-corrected chi connectivity index (χ3v) is 8.05. The van der Waals surface area contributed by atoms with Crippen molar-refractivity contribution in [3.8, 4) is 0 Å². The molecule has 1 saturated heterocycles. The molecule has 33 heavy (non-hydrogen) atoms. The van der Waals surface area contributed by atoms with Crippen LogP contribution in [0.3, 0.4) is 0 Å². The third kappa shape index (κ3) is 5.01. The van der Waals surface area contributed by atoms with Crippen molar-refractivity contribution in [2.24, 2.45) is 5.92 Å². The number of likely N-dealkylation sites (tertiary alicyclic amines) is 1. The van der Waals surface area contributed by atoms with Crippen molar-refractivity contribution < 1.29 is 19.5 Å². The predicted molar refractivity (Wildman–Crippen MR) is 130 cm³/mol. The summed E-state index contributed by atoms with van der Waals surface area (Å²) in [6.07, 6.45) is 5.18. The minimum atomic E-state index is -1.43. The minimum Gasteiger partial charge on any atom is -0.382 e. The van der Waals surface area contributed by atoms with E-state index < -0.39 is 11.7 Å². The van der Waals surface area contributed by atoms with Crippen LogP contribution in [0.5, 0.6) is 0 Å². The third-order valence-electron chi connectivity index (χ3n) is 8.05. The molecule has 2 aliphatic rings. The van der Waals surface area contributed by atoms with Crippen LogP contribution in [-0.4, -0.2) is 65.3 Å². The largest absolute Gasteiger partial charge is 0.382 e. The van der Waals surface area contributed by atoms with E-state index in [-0.39, 0.29) is 11.8 Å². The molecule has 0 radical (unpaired) electrons. The molecule has 2 unspecified atom stereocenters. The Kier molecular flexibility index (Phi) is 7.22. The van der Waals surface area contributed by atoms with Gasteiger partial charge in [-0.2, -0.15) is 0 Å². The first-order valence-corrected chi connectivity index (χ1v) is 12.5. The molecule has 0 bridgehead atoms. The molecular weight excluding hydrogens is 412 g/mol. The summed E-state index contributed by atoms with van der Waals surface area (Å²) in [6.45, 7) is 1.93. The number of hydrogen-bond donors (Lipinski definition) is 2. The lowest BCUT2D eigenvalue weighted by atomic mass is 9.78. The summed E-state index contributed by atoms with van der Waals surface area (Å²) in [6, 6.07) is 19.7. The Morgan fingerprint density at radius 2 is 1.52 bits per heavy atom. The van der Waals surface area contributed by atoms with E-state index in [0.29, 0.717) is 30.2 Å². The van der Waals surface area contributed by atoms with Gasteiger partial charge >= 0.3 is 0 Å². The molecule has 2 atom stereocenters. The second-order valence-electron chi connectivity index (χ2n) is 10.5. The van der Waals surface area contributed by atoms with Crippen LogP contribution in [-0.2, 0) is 10.4 Å². The smallest absolute Gasteiger partial charge is 0.259 e. The highest BCUT2D eigenvalue weighted by atomic mass is 16.3. The highest BCUT2D eigenvalue weighted by molar-refractivity contribution is 5.87. The van der Waals surface area contributed by atoms with E-state index in [0.717, 1.165) is 49.7 Å². The van der Waals surface area contributed by atoms with Gasteiger partial charge < -0.3 is 19.6 Å². The molecule has 1 amide bonds. The number of amides is 1. The topological polar surface area (TPSA) is 60.8 Å². The number of likely N-dealkylation sites (N-methyl/N-ethyl adjacent to an activating group) is 1. The number of benzene rings is 2. The summed E-state index contributed by atoms with van der Waals surface area (Å²) >= 11 is 0. The average Bonchev–Trinajstić information content (AvgIpc) is 3.40. The second-order valence-corrected chi connectivity index (χ2v) is 10.5. The van der Waals surface area contributed by atoms with E-state index in [1.807, 2.05) is 65.6 Å². The van der Waals surface area contributed by atoms with Gasteiger partial charge in [0.25, 0.3) is 5.91 Å². The van der Waals surface area contributed by atoms with Crippen molar-refractivity contribution in [1.82, 2.24) is 4.90 Å². The quantitative estimate of drug-likeness (QED) is 0.629. The summed E-state index contributed by atoms with van der Waals surface area (Å²) in [7, 11) is 4.35. The van der Waals surface area contributed by atoms with Crippen molar-refractivity contribution in [2.75, 3.05) is 33.7 Å². The number of aliphatic hydroxyl groups excluding tert-OH is 1. The maximum Gasteiger partial charge on any atom is 0.259 e. The number of carbonyl (C=O) groups is 1. The molecule has 1 aliphatic carbocycles. The number of quaternary nitrogens is 1. The fourth-order valence-electron chi connectivity index (χ4n) is 5.95. The van der Waals surface area contributed by atoms with Crippen molar-refractivity contribution in [2.45, 2.75) is 56.3 Å². The first-order valence-electron chi connectivity index (χ1n) is 12.5. The van der Waals surface area contributed by atoms with Gasteiger partial charge in [-0.1, -0.05) is 73.5 Å². The van der Waals surface area contributed by atoms with Crippen LogP contribution < -0.4 is 0 Å². The molecule has 0 aromatic heterocycles. The fourth-order valence-corrected chi connectivity index (χ4v) is 5.95. The van der Waals surface area contributed by atoms with E-state index in [9.17, 15) is 15.0 Å². The van der Waals surface area contributed by atoms with Gasteiger partial charge in [0, 0.05) is 31.8 Å². The molecule has 1 aliphatic heterocycles. The van der Waals surface area contributed by atoms with Gasteiger partial charge in [-0.25, -0.2) is 0 Å². The summed E-state index contributed by atoms with van der Waals surface area (Å²) in [5.74, 6) is -0.146. The van der Waals surface area contributed by atoms with Crippen molar-refractivity contribution in [1.29, 1.82) is 0 Å². The number of piperidine rings is 1. The van der Waals surface area contributed by atoms with E-state index in [4.69, 9.17) is 0 Å². The van der Waals surface area contributed by atoms with Crippen LogP contribution in [0.15, 0.2) is 60.7 Å². The van der Waals surface area contributed by atoms with Crippen LogP contribution in [0, 0.1) is 5.92 Å². The van der Waals surface area contributed by atoms with Crippen LogP contribution in [0.2, 0.25) is 0 Å². The molecule has 0 spiro atoms. The Labute approximate surface area is 198 Å². The number of nitrogens with zero attached hydrogens (tertiary/aromatic N) is 2. The van der Waals surface area contributed by atoms with Gasteiger partial charge in [0.05, 0.1) is 20.1 Å². The molecule has 5 heteroatoms.